The first-order valence-corrected chi connectivity index (χ1v) is 8.92. The lowest BCUT2D eigenvalue weighted by Crippen LogP contribution is -2.37. The summed E-state index contributed by atoms with van der Waals surface area (Å²) in [4.78, 5) is 17.2. The van der Waals surface area contributed by atoms with Crippen molar-refractivity contribution in [1.82, 2.24) is 4.98 Å². The van der Waals surface area contributed by atoms with Crippen LogP contribution in [0.4, 0.5) is 0 Å². The second-order valence-corrected chi connectivity index (χ2v) is 6.18. The zero-order valence-electron chi connectivity index (χ0n) is 17.2. The zero-order valence-corrected chi connectivity index (χ0v) is 19.0. The van der Waals surface area contributed by atoms with Crippen LogP contribution in [0, 0.1) is 0 Å². The van der Waals surface area contributed by atoms with Crippen molar-refractivity contribution >= 4 is 22.8 Å². The van der Waals surface area contributed by atoms with Crippen LogP contribution in [-0.4, -0.2) is 39.2 Å². The number of hydrogen-bond donors (Lipinski definition) is 0. The highest BCUT2D eigenvalue weighted by Gasteiger charge is 2.17. The molecule has 3 rings (SSSR count). The predicted molar refractivity (Wildman–Crippen MR) is 117 cm³/mol. The van der Waals surface area contributed by atoms with E-state index in [1.54, 1.807) is 50.4 Å². The Morgan fingerprint density at radius 2 is 1.60 bits per heavy atom. The first kappa shape index (κ1) is 23.2. The Kier molecular flexibility index (Phi) is 8.17. The lowest BCUT2D eigenvalue weighted by atomic mass is 10.1. The summed E-state index contributed by atoms with van der Waals surface area (Å²) in [6, 6.07) is 12.6. The first-order chi connectivity index (χ1) is 14.1. The molecule has 0 saturated heterocycles. The van der Waals surface area contributed by atoms with Gasteiger partial charge in [0, 0.05) is 17.7 Å². The summed E-state index contributed by atoms with van der Waals surface area (Å²) >= 11 is 0. The van der Waals surface area contributed by atoms with Gasteiger partial charge in [-0.2, -0.15) is 0 Å². The number of methoxy groups -OCH3 is 4. The minimum Gasteiger partial charge on any atom is -0.497 e. The Labute approximate surface area is 186 Å². The van der Waals surface area contributed by atoms with Gasteiger partial charge in [0.1, 0.15) is 11.5 Å². The molecule has 7 nitrogen and oxygen atoms in total. The van der Waals surface area contributed by atoms with Crippen LogP contribution in [0.25, 0.3) is 11.3 Å². The zero-order chi connectivity index (χ0) is 20.8. The fraction of sp³-hybridized carbons (Fsp3) is 0.227. The highest BCUT2D eigenvalue weighted by Crippen LogP contribution is 2.31. The molecule has 30 heavy (non-hydrogen) atoms. The maximum atomic E-state index is 12.7. The van der Waals surface area contributed by atoms with Crippen LogP contribution in [-0.2, 0) is 6.54 Å². The van der Waals surface area contributed by atoms with E-state index in [0.717, 1.165) is 11.3 Å². The molecule has 0 radical (unpaired) electrons. The Hall–Kier alpha value is -3.13. The van der Waals surface area contributed by atoms with E-state index < -0.39 is 0 Å². The van der Waals surface area contributed by atoms with E-state index in [1.165, 1.54) is 7.11 Å². The summed E-state index contributed by atoms with van der Waals surface area (Å²) < 4.78 is 22.8. The van der Waals surface area contributed by atoms with E-state index in [0.29, 0.717) is 28.6 Å². The maximum absolute atomic E-state index is 12.7. The molecule has 2 aromatic carbocycles. The van der Waals surface area contributed by atoms with Crippen molar-refractivity contribution in [2.75, 3.05) is 28.4 Å². The van der Waals surface area contributed by atoms with Crippen molar-refractivity contribution in [2.45, 2.75) is 6.54 Å². The third kappa shape index (κ3) is 5.07. The van der Waals surface area contributed by atoms with Gasteiger partial charge < -0.3 is 18.9 Å². The number of ketones is 1. The van der Waals surface area contributed by atoms with Crippen molar-refractivity contribution in [1.29, 1.82) is 0 Å². The van der Waals surface area contributed by atoms with Gasteiger partial charge in [0.25, 0.3) is 6.33 Å². The molecule has 0 fully saturated rings. The molecule has 0 aliphatic heterocycles. The summed E-state index contributed by atoms with van der Waals surface area (Å²) in [5, 5.41) is 0. The number of Topliss-reactive ketones (excluding diaryl/α,β-unsaturated/α-hetero) is 1. The van der Waals surface area contributed by atoms with Gasteiger partial charge in [-0.3, -0.25) is 4.79 Å². The van der Waals surface area contributed by atoms with E-state index >= 15 is 0 Å². The number of carbonyl (C=O) groups is 1. The summed E-state index contributed by atoms with van der Waals surface area (Å²) in [6.45, 7) is 0.141. The highest BCUT2D eigenvalue weighted by molar-refractivity contribution is 8.93. The first-order valence-electron chi connectivity index (χ1n) is 8.92. The molecule has 1 heterocycles. The van der Waals surface area contributed by atoms with E-state index in [4.69, 9.17) is 18.9 Å². The fourth-order valence-electron chi connectivity index (χ4n) is 2.92. The monoisotopic (exact) mass is 475 g/mol. The molecule has 0 amide bonds. The number of hydrogen-bond acceptors (Lipinski definition) is 6. The second kappa shape index (κ2) is 10.6. The van der Waals surface area contributed by atoms with Crippen LogP contribution in [0.1, 0.15) is 10.4 Å². The molecule has 0 saturated carbocycles. The molecule has 0 aliphatic rings. The van der Waals surface area contributed by atoms with Gasteiger partial charge in [-0.25, -0.2) is 4.57 Å². The molecule has 8 heteroatoms. The lowest BCUT2D eigenvalue weighted by Gasteiger charge is -2.09. The molecule has 0 N–H and O–H groups in total. The van der Waals surface area contributed by atoms with Gasteiger partial charge in [-0.15, -0.1) is 17.0 Å². The third-order valence-corrected chi connectivity index (χ3v) is 4.48. The Morgan fingerprint density at radius 3 is 2.20 bits per heavy atom. The molecule has 3 aromatic rings. The van der Waals surface area contributed by atoms with Gasteiger partial charge in [-0.05, 0) is 35.3 Å². The Bertz CT molecular complexity index is 1010. The van der Waals surface area contributed by atoms with E-state index in [-0.39, 0.29) is 29.3 Å². The largest absolute Gasteiger partial charge is 0.497 e. The molecule has 0 atom stereocenters. The van der Waals surface area contributed by atoms with Crippen LogP contribution in [0.2, 0.25) is 0 Å². The third-order valence-electron chi connectivity index (χ3n) is 4.48. The average molecular weight is 476 g/mol. The number of nitrogens with zero attached hydrogens (tertiary/aromatic N) is 2. The Balaban J connectivity index is 0.00000320. The smallest absolute Gasteiger partial charge is 0.287 e. The number of ether oxygens (including phenoxy) is 4. The highest BCUT2D eigenvalue weighted by atomic mass is 79.9. The minimum atomic E-state index is -0.0878. The number of rotatable bonds is 8. The SMILES string of the molecule is Br.COc1ccc(C(=O)C[n+]2ccc(-c3ccc(OC)c(OC)c3)nc2)c(OC)c1. The van der Waals surface area contributed by atoms with Crippen molar-refractivity contribution in [3.05, 3.63) is 60.6 Å². The fourth-order valence-corrected chi connectivity index (χ4v) is 2.92. The van der Waals surface area contributed by atoms with Crippen LogP contribution in [0.5, 0.6) is 23.0 Å². The van der Waals surface area contributed by atoms with Gasteiger partial charge in [0.05, 0.1) is 40.2 Å². The van der Waals surface area contributed by atoms with Crippen molar-refractivity contribution < 1.29 is 28.3 Å². The molecule has 1 aromatic heterocycles. The summed E-state index contributed by atoms with van der Waals surface area (Å²) in [6.07, 6.45) is 3.44. The average Bonchev–Trinajstić information content (AvgIpc) is 2.78. The molecule has 0 spiro atoms. The maximum Gasteiger partial charge on any atom is 0.287 e. The number of benzene rings is 2. The standard InChI is InChI=1S/C22H23N2O5.BrH/c1-26-16-6-7-17(21(12-16)28-3)19(25)13-24-10-9-18(23-14-24)15-5-8-20(27-2)22(11-15)29-4;/h5-12,14H,13H2,1-4H3;1H/q+1;. The molecular formula is C22H24BrN2O5+. The number of aromatic nitrogens is 2. The van der Waals surface area contributed by atoms with Crippen molar-refractivity contribution in [2.24, 2.45) is 0 Å². The Morgan fingerprint density at radius 1 is 0.867 bits per heavy atom. The van der Waals surface area contributed by atoms with Gasteiger partial charge in [0.15, 0.2) is 23.7 Å². The quantitative estimate of drug-likeness (QED) is 0.366. The van der Waals surface area contributed by atoms with E-state index in [2.05, 4.69) is 4.98 Å². The van der Waals surface area contributed by atoms with Gasteiger partial charge in [0.2, 0.25) is 5.78 Å². The summed E-state index contributed by atoms with van der Waals surface area (Å²) in [5.41, 5.74) is 2.14. The van der Waals surface area contributed by atoms with E-state index in [9.17, 15) is 4.79 Å². The molecular weight excluding hydrogens is 452 g/mol. The minimum absolute atomic E-state index is 0. The summed E-state index contributed by atoms with van der Waals surface area (Å²) in [5.74, 6) is 2.30. The lowest BCUT2D eigenvalue weighted by molar-refractivity contribution is -0.686. The summed E-state index contributed by atoms with van der Waals surface area (Å²) in [7, 11) is 6.28. The predicted octanol–water partition coefficient (Wildman–Crippen LogP) is 3.53. The van der Waals surface area contributed by atoms with Crippen LogP contribution in [0.15, 0.2) is 55.0 Å². The van der Waals surface area contributed by atoms with Crippen LogP contribution >= 0.6 is 17.0 Å². The van der Waals surface area contributed by atoms with E-state index in [1.807, 2.05) is 30.5 Å². The molecule has 158 valence electrons. The van der Waals surface area contributed by atoms with Crippen LogP contribution < -0.4 is 23.5 Å². The van der Waals surface area contributed by atoms with Gasteiger partial charge >= 0.3 is 0 Å². The topological polar surface area (TPSA) is 70.8 Å². The van der Waals surface area contributed by atoms with Crippen molar-refractivity contribution in [3.8, 4) is 34.3 Å². The molecule has 0 bridgehead atoms. The molecule has 0 unspecified atom stereocenters. The number of halogens is 1. The second-order valence-electron chi connectivity index (χ2n) is 6.18. The molecule has 0 aliphatic carbocycles. The van der Waals surface area contributed by atoms with Crippen molar-refractivity contribution in [3.63, 3.8) is 0 Å². The van der Waals surface area contributed by atoms with Crippen LogP contribution in [0.3, 0.4) is 0 Å². The van der Waals surface area contributed by atoms with Gasteiger partial charge in [-0.1, -0.05) is 0 Å². The normalized spacial score (nSPS) is 10.0. The number of carbonyl (C=O) groups excluding carboxylic acids is 1.